The summed E-state index contributed by atoms with van der Waals surface area (Å²) >= 11 is 0. The van der Waals surface area contributed by atoms with Crippen LogP contribution < -0.4 is 0 Å². The van der Waals surface area contributed by atoms with E-state index in [4.69, 9.17) is 19.3 Å². The number of carbonyl (C=O) groups excluding carboxylic acids is 3. The molecule has 0 radical (unpaired) electrons. The first-order valence-corrected chi connectivity index (χ1v) is 22.3. The summed E-state index contributed by atoms with van der Waals surface area (Å²) in [6, 6.07) is 0. The highest BCUT2D eigenvalue weighted by atomic mass is 31.2. The number of esters is 2. The molecule has 0 aliphatic heterocycles. The molecule has 1 saturated carbocycles. The number of phosphoric ester groups is 1. The standard InChI is InChI=1S/C41H73O11P/c1-3-5-7-8-9-10-11-12-13-14-15-16-17-18-23-27-40(45)50-32-35(33-51-53(47,48)49)52-41(46)28-24-20-19-22-26-36-37(39(44)31-38(36)43)30-29-34(42)25-21-6-4-2/h12-13,29-30,34-37,39,42,44H,3-11,14-28,31-33H2,1-2H3,(H2,47,48,49)/b13-12-,30-29+/t34-,35+,36+,37+,39+/m0/s1. The third-order valence-corrected chi connectivity index (χ3v) is 10.3. The van der Waals surface area contributed by atoms with E-state index in [1.54, 1.807) is 12.2 Å². The lowest BCUT2D eigenvalue weighted by Crippen LogP contribution is -2.29. The number of hydrogen-bond acceptors (Lipinski definition) is 9. The van der Waals surface area contributed by atoms with E-state index in [-0.39, 0.29) is 43.5 Å². The van der Waals surface area contributed by atoms with Gasteiger partial charge in [-0.3, -0.25) is 18.9 Å². The molecule has 0 aromatic heterocycles. The van der Waals surface area contributed by atoms with Crippen molar-refractivity contribution >= 4 is 25.5 Å². The maximum Gasteiger partial charge on any atom is 0.469 e. The SMILES string of the molecule is CCCCCCCC/C=C\CCCCCCCC(=O)OC[C@H](COP(=O)(O)O)OC(=O)CCCCCC[C@H]1C(=O)C[C@@H](O)[C@@H]1/C=C/[C@@H](O)CCCCC. The molecule has 308 valence electrons. The van der Waals surface area contributed by atoms with E-state index in [0.717, 1.165) is 70.6 Å². The van der Waals surface area contributed by atoms with Crippen molar-refractivity contribution in [3.05, 3.63) is 24.3 Å². The van der Waals surface area contributed by atoms with Crippen molar-refractivity contribution in [1.82, 2.24) is 0 Å². The second kappa shape index (κ2) is 31.3. The maximum atomic E-state index is 12.5. The molecule has 1 fully saturated rings. The van der Waals surface area contributed by atoms with Crippen LogP contribution in [0.3, 0.4) is 0 Å². The number of aliphatic hydroxyl groups is 2. The molecule has 4 N–H and O–H groups in total. The van der Waals surface area contributed by atoms with Gasteiger partial charge in [-0.1, -0.05) is 128 Å². The topological polar surface area (TPSA) is 177 Å². The minimum Gasteiger partial charge on any atom is -0.462 e. The van der Waals surface area contributed by atoms with Crippen molar-refractivity contribution < 1.29 is 52.9 Å². The molecule has 0 amide bonds. The number of rotatable bonds is 34. The lowest BCUT2D eigenvalue weighted by atomic mass is 9.88. The largest absolute Gasteiger partial charge is 0.469 e. The Morgan fingerprint density at radius 3 is 1.94 bits per heavy atom. The summed E-state index contributed by atoms with van der Waals surface area (Å²) in [4.78, 5) is 55.6. The summed E-state index contributed by atoms with van der Waals surface area (Å²) in [7, 11) is -4.82. The number of phosphoric acid groups is 1. The van der Waals surface area contributed by atoms with Gasteiger partial charge in [-0.15, -0.1) is 0 Å². The van der Waals surface area contributed by atoms with Crippen LogP contribution in [0.5, 0.6) is 0 Å². The van der Waals surface area contributed by atoms with Gasteiger partial charge in [-0.25, -0.2) is 4.57 Å². The second-order valence-electron chi connectivity index (χ2n) is 14.7. The molecule has 0 aromatic rings. The number of ketones is 1. The second-order valence-corrected chi connectivity index (χ2v) is 16.0. The van der Waals surface area contributed by atoms with Crippen molar-refractivity contribution in [2.75, 3.05) is 13.2 Å². The zero-order chi connectivity index (χ0) is 39.2. The Morgan fingerprint density at radius 1 is 0.774 bits per heavy atom. The fourth-order valence-corrected chi connectivity index (χ4v) is 7.04. The molecule has 0 bridgehead atoms. The Morgan fingerprint density at radius 2 is 1.32 bits per heavy atom. The smallest absolute Gasteiger partial charge is 0.462 e. The average Bonchev–Trinajstić information content (AvgIpc) is 3.38. The Labute approximate surface area is 320 Å². The van der Waals surface area contributed by atoms with Crippen LogP contribution in [0.2, 0.25) is 0 Å². The van der Waals surface area contributed by atoms with Gasteiger partial charge in [0.15, 0.2) is 6.10 Å². The number of Topliss-reactive ketones (excluding diaryl/α,β-unsaturated/α-hetero) is 1. The lowest BCUT2D eigenvalue weighted by molar-refractivity contribution is -0.161. The van der Waals surface area contributed by atoms with Crippen LogP contribution in [-0.2, 0) is 32.9 Å². The quantitative estimate of drug-likeness (QED) is 0.0212. The lowest BCUT2D eigenvalue weighted by Gasteiger charge is -2.19. The third kappa shape index (κ3) is 27.4. The van der Waals surface area contributed by atoms with Gasteiger partial charge in [0.05, 0.1) is 18.8 Å². The van der Waals surface area contributed by atoms with Gasteiger partial charge in [0.1, 0.15) is 12.4 Å². The van der Waals surface area contributed by atoms with Gasteiger partial charge in [0.25, 0.3) is 0 Å². The van der Waals surface area contributed by atoms with Crippen LogP contribution in [0.25, 0.3) is 0 Å². The molecule has 1 aliphatic carbocycles. The van der Waals surface area contributed by atoms with Crippen LogP contribution in [0.1, 0.15) is 174 Å². The highest BCUT2D eigenvalue weighted by molar-refractivity contribution is 7.46. The zero-order valence-corrected chi connectivity index (χ0v) is 33.8. The minimum absolute atomic E-state index is 0.0353. The van der Waals surface area contributed by atoms with E-state index >= 15 is 0 Å². The number of carbonyl (C=O) groups is 3. The molecule has 1 aliphatic rings. The molecule has 0 spiro atoms. The Hall–Kier alpha value is -1.88. The summed E-state index contributed by atoms with van der Waals surface area (Å²) in [6.07, 6.45) is 28.0. The Balaban J connectivity index is 2.28. The number of allylic oxidation sites excluding steroid dienone is 2. The fourth-order valence-electron chi connectivity index (χ4n) is 6.67. The molecule has 0 aromatic carbocycles. The van der Waals surface area contributed by atoms with E-state index in [9.17, 15) is 29.2 Å². The van der Waals surface area contributed by atoms with Crippen molar-refractivity contribution in [1.29, 1.82) is 0 Å². The Kier molecular flexibility index (Phi) is 29.1. The number of ether oxygens (including phenoxy) is 2. The minimum atomic E-state index is -4.82. The summed E-state index contributed by atoms with van der Waals surface area (Å²) in [5.74, 6) is -1.61. The van der Waals surface area contributed by atoms with Crippen LogP contribution in [0.4, 0.5) is 0 Å². The summed E-state index contributed by atoms with van der Waals surface area (Å²) in [5, 5.41) is 20.6. The van der Waals surface area contributed by atoms with Crippen molar-refractivity contribution in [3.8, 4) is 0 Å². The molecule has 11 nitrogen and oxygen atoms in total. The van der Waals surface area contributed by atoms with E-state index < -0.39 is 44.7 Å². The zero-order valence-electron chi connectivity index (χ0n) is 32.9. The van der Waals surface area contributed by atoms with E-state index in [1.807, 2.05) is 0 Å². The molecule has 53 heavy (non-hydrogen) atoms. The van der Waals surface area contributed by atoms with Crippen LogP contribution >= 0.6 is 7.82 Å². The normalized spacial score (nSPS) is 19.0. The first-order chi connectivity index (χ1) is 25.5. The van der Waals surface area contributed by atoms with Crippen LogP contribution in [0, 0.1) is 11.8 Å². The first kappa shape index (κ1) is 49.1. The monoisotopic (exact) mass is 772 g/mol. The van der Waals surface area contributed by atoms with Gasteiger partial charge >= 0.3 is 19.8 Å². The van der Waals surface area contributed by atoms with Gasteiger partial charge in [-0.2, -0.15) is 0 Å². The van der Waals surface area contributed by atoms with Crippen molar-refractivity contribution in [3.63, 3.8) is 0 Å². The van der Waals surface area contributed by atoms with E-state index in [0.29, 0.717) is 32.1 Å². The molecule has 0 saturated heterocycles. The summed E-state index contributed by atoms with van der Waals surface area (Å²) in [5.41, 5.74) is 0. The Bertz CT molecular complexity index is 1070. The highest BCUT2D eigenvalue weighted by Crippen LogP contribution is 2.36. The molecular weight excluding hydrogens is 699 g/mol. The highest BCUT2D eigenvalue weighted by Gasteiger charge is 2.39. The van der Waals surface area contributed by atoms with E-state index in [2.05, 4.69) is 30.5 Å². The maximum absolute atomic E-state index is 12.5. The molecular formula is C41H73O11P. The van der Waals surface area contributed by atoms with Gasteiger partial charge < -0.3 is 29.5 Å². The summed E-state index contributed by atoms with van der Waals surface area (Å²) < 4.78 is 26.4. The van der Waals surface area contributed by atoms with Crippen molar-refractivity contribution in [2.24, 2.45) is 11.8 Å². The first-order valence-electron chi connectivity index (χ1n) is 20.7. The van der Waals surface area contributed by atoms with Gasteiger partial charge in [0, 0.05) is 31.1 Å². The molecule has 12 heteroatoms. The number of hydrogen-bond donors (Lipinski definition) is 4. The number of unbranched alkanes of at least 4 members (excludes halogenated alkanes) is 16. The van der Waals surface area contributed by atoms with Crippen molar-refractivity contribution in [2.45, 2.75) is 193 Å². The van der Waals surface area contributed by atoms with Crippen LogP contribution in [-0.4, -0.2) is 69.2 Å². The predicted octanol–water partition coefficient (Wildman–Crippen LogP) is 8.99. The van der Waals surface area contributed by atoms with Crippen LogP contribution in [0.15, 0.2) is 24.3 Å². The fraction of sp³-hybridized carbons (Fsp3) is 0.829. The summed E-state index contributed by atoms with van der Waals surface area (Å²) in [6.45, 7) is 3.37. The van der Waals surface area contributed by atoms with E-state index in [1.165, 1.54) is 38.5 Å². The molecule has 0 heterocycles. The molecule has 5 atom stereocenters. The van der Waals surface area contributed by atoms with Gasteiger partial charge in [0.2, 0.25) is 0 Å². The predicted molar refractivity (Wildman–Crippen MR) is 208 cm³/mol. The van der Waals surface area contributed by atoms with Gasteiger partial charge in [-0.05, 0) is 51.4 Å². The average molecular weight is 773 g/mol. The number of aliphatic hydroxyl groups excluding tert-OH is 2. The molecule has 0 unspecified atom stereocenters. The molecule has 1 rings (SSSR count). The third-order valence-electron chi connectivity index (χ3n) is 9.84.